The molecular weight excluding hydrogens is 408 g/mol. The molecule has 2 aromatic rings. The number of benzene rings is 1. The number of aryl methyl sites for hydroxylation is 1. The Kier molecular flexibility index (Phi) is 4.91. The van der Waals surface area contributed by atoms with E-state index in [1.165, 1.54) is 18.4 Å². The maximum absolute atomic E-state index is 13.5. The van der Waals surface area contributed by atoms with Gasteiger partial charge in [0.15, 0.2) is 5.16 Å². The Morgan fingerprint density at radius 2 is 1.97 bits per heavy atom. The lowest BCUT2D eigenvalue weighted by molar-refractivity contribution is -0.137. The second-order valence-corrected chi connectivity index (χ2v) is 10.2. The van der Waals surface area contributed by atoms with Gasteiger partial charge in [0.2, 0.25) is 5.91 Å². The summed E-state index contributed by atoms with van der Waals surface area (Å²) in [6.45, 7) is 2.62. The van der Waals surface area contributed by atoms with Crippen molar-refractivity contribution in [2.45, 2.75) is 61.8 Å². The molecule has 1 saturated carbocycles. The third-order valence-electron chi connectivity index (χ3n) is 7.26. The number of hydrogen-bond donors (Lipinski definition) is 0. The number of nitrogens with zero attached hydrogens (tertiary/aromatic N) is 4. The van der Waals surface area contributed by atoms with Crippen molar-refractivity contribution in [1.82, 2.24) is 19.4 Å². The molecule has 2 fully saturated rings. The molecule has 7 heteroatoms. The number of carbonyl (C=O) groups excluding carboxylic acids is 1. The number of aromatic nitrogens is 2. The van der Waals surface area contributed by atoms with Gasteiger partial charge in [-0.1, -0.05) is 42.1 Å². The highest BCUT2D eigenvalue weighted by Gasteiger charge is 2.39. The van der Waals surface area contributed by atoms with Gasteiger partial charge in [0.05, 0.1) is 17.8 Å². The first kappa shape index (κ1) is 19.6. The summed E-state index contributed by atoms with van der Waals surface area (Å²) in [4.78, 5) is 36.0. The third kappa shape index (κ3) is 3.52. The molecule has 2 unspecified atom stereocenters. The molecule has 0 radical (unpaired) electrons. The maximum Gasteiger partial charge on any atom is 0.257 e. The van der Waals surface area contributed by atoms with Crippen molar-refractivity contribution < 1.29 is 4.79 Å². The molecule has 6 rings (SSSR count). The summed E-state index contributed by atoms with van der Waals surface area (Å²) < 4.78 is 1.82. The van der Waals surface area contributed by atoms with E-state index in [9.17, 15) is 9.59 Å². The van der Waals surface area contributed by atoms with Crippen molar-refractivity contribution in [2.75, 3.05) is 25.4 Å². The quantitative estimate of drug-likeness (QED) is 0.690. The normalized spacial score (nSPS) is 25.5. The third-order valence-corrected chi connectivity index (χ3v) is 8.36. The number of thioether (sulfide) groups is 1. The van der Waals surface area contributed by atoms with Gasteiger partial charge in [-0.3, -0.25) is 19.1 Å². The van der Waals surface area contributed by atoms with E-state index in [2.05, 4.69) is 34.1 Å². The van der Waals surface area contributed by atoms with Gasteiger partial charge in [0.1, 0.15) is 0 Å². The molecule has 0 N–H and O–H groups in total. The number of rotatable bonds is 4. The summed E-state index contributed by atoms with van der Waals surface area (Å²) in [6.07, 6.45) is 5.70. The lowest BCUT2D eigenvalue weighted by Gasteiger charge is -2.42. The Hall–Kier alpha value is -2.12. The van der Waals surface area contributed by atoms with Gasteiger partial charge >= 0.3 is 0 Å². The van der Waals surface area contributed by atoms with Crippen LogP contribution in [0.4, 0.5) is 0 Å². The monoisotopic (exact) mass is 436 g/mol. The van der Waals surface area contributed by atoms with Gasteiger partial charge in [-0.25, -0.2) is 4.98 Å². The summed E-state index contributed by atoms with van der Waals surface area (Å²) in [5.74, 6) is 0.921. The molecule has 31 heavy (non-hydrogen) atoms. The van der Waals surface area contributed by atoms with Crippen LogP contribution >= 0.6 is 11.8 Å². The van der Waals surface area contributed by atoms with E-state index in [0.717, 1.165) is 61.1 Å². The van der Waals surface area contributed by atoms with Gasteiger partial charge in [-0.2, -0.15) is 0 Å². The summed E-state index contributed by atoms with van der Waals surface area (Å²) in [7, 11) is 0. The Bertz CT molecular complexity index is 1070. The summed E-state index contributed by atoms with van der Waals surface area (Å²) in [5, 5.41) is 0.807. The molecule has 1 amide bonds. The van der Waals surface area contributed by atoms with Crippen molar-refractivity contribution in [2.24, 2.45) is 0 Å². The molecule has 0 bridgehead atoms. The van der Waals surface area contributed by atoms with E-state index in [1.807, 2.05) is 10.6 Å². The molecule has 2 aliphatic heterocycles. The SMILES string of the molecule is O=C(CC1CSc2nc3c(c(=O)n21)CCC3)N1CCN(C2CC2)CC1c1ccccc1. The minimum atomic E-state index is -0.0868. The van der Waals surface area contributed by atoms with Gasteiger partial charge < -0.3 is 4.90 Å². The van der Waals surface area contributed by atoms with Gasteiger partial charge in [-0.05, 0) is 37.7 Å². The minimum absolute atomic E-state index is 0.0868. The van der Waals surface area contributed by atoms with Crippen molar-refractivity contribution in [1.29, 1.82) is 0 Å². The van der Waals surface area contributed by atoms with E-state index < -0.39 is 0 Å². The van der Waals surface area contributed by atoms with Crippen LogP contribution in [0, 0.1) is 0 Å². The van der Waals surface area contributed by atoms with Crippen molar-refractivity contribution in [3.8, 4) is 0 Å². The molecule has 4 aliphatic rings. The molecule has 1 aromatic heterocycles. The first-order valence-electron chi connectivity index (χ1n) is 11.5. The lowest BCUT2D eigenvalue weighted by Crippen LogP contribution is -2.51. The highest BCUT2D eigenvalue weighted by atomic mass is 32.2. The maximum atomic E-state index is 13.5. The van der Waals surface area contributed by atoms with Crippen LogP contribution < -0.4 is 5.56 Å². The van der Waals surface area contributed by atoms with Gasteiger partial charge in [0.25, 0.3) is 5.56 Å². The Labute approximate surface area is 186 Å². The standard InChI is InChI=1S/C24H28N4O2S/c29-22(13-18-15-31-24-25-20-8-4-7-19(20)23(30)28(18)24)27-12-11-26(17-9-10-17)14-21(27)16-5-2-1-3-6-16/h1-3,5-6,17-18,21H,4,7-15H2. The number of amides is 1. The van der Waals surface area contributed by atoms with Crippen LogP contribution in [0.15, 0.2) is 40.3 Å². The first-order chi connectivity index (χ1) is 15.2. The molecule has 162 valence electrons. The number of carbonyl (C=O) groups is 1. The number of piperazine rings is 1. The molecule has 2 aliphatic carbocycles. The van der Waals surface area contributed by atoms with Crippen molar-refractivity contribution >= 4 is 17.7 Å². The zero-order valence-corrected chi connectivity index (χ0v) is 18.5. The van der Waals surface area contributed by atoms with Crippen LogP contribution in [0.1, 0.15) is 54.6 Å². The second kappa shape index (κ2) is 7.78. The molecule has 2 atom stereocenters. The highest BCUT2D eigenvalue weighted by Crippen LogP contribution is 2.37. The predicted molar refractivity (Wildman–Crippen MR) is 120 cm³/mol. The second-order valence-electron chi connectivity index (χ2n) is 9.26. The van der Waals surface area contributed by atoms with E-state index in [4.69, 9.17) is 4.98 Å². The summed E-state index contributed by atoms with van der Waals surface area (Å²) >= 11 is 1.63. The topological polar surface area (TPSA) is 58.4 Å². The van der Waals surface area contributed by atoms with E-state index >= 15 is 0 Å². The minimum Gasteiger partial charge on any atom is -0.333 e. The van der Waals surface area contributed by atoms with Crippen molar-refractivity contribution in [3.05, 3.63) is 57.5 Å². The van der Waals surface area contributed by atoms with Crippen LogP contribution in [0.2, 0.25) is 0 Å². The van der Waals surface area contributed by atoms with Crippen LogP contribution in [0.5, 0.6) is 0 Å². The van der Waals surface area contributed by atoms with Crippen LogP contribution in [-0.4, -0.2) is 56.7 Å². The van der Waals surface area contributed by atoms with Gasteiger partial charge in [-0.15, -0.1) is 0 Å². The Morgan fingerprint density at radius 3 is 2.77 bits per heavy atom. The molecule has 6 nitrogen and oxygen atoms in total. The molecule has 1 saturated heterocycles. The first-order valence-corrected chi connectivity index (χ1v) is 12.5. The summed E-state index contributed by atoms with van der Waals surface area (Å²) in [6, 6.07) is 11.1. The predicted octanol–water partition coefficient (Wildman–Crippen LogP) is 2.82. The number of hydrogen-bond acceptors (Lipinski definition) is 5. The van der Waals surface area contributed by atoms with Crippen molar-refractivity contribution in [3.63, 3.8) is 0 Å². The highest BCUT2D eigenvalue weighted by molar-refractivity contribution is 7.99. The molecular formula is C24H28N4O2S. The number of fused-ring (bicyclic) bond motifs is 2. The fourth-order valence-corrected chi connectivity index (χ4v) is 6.61. The van der Waals surface area contributed by atoms with Crippen LogP contribution in [-0.2, 0) is 17.6 Å². The molecule has 3 heterocycles. The van der Waals surface area contributed by atoms with Crippen LogP contribution in [0.25, 0.3) is 0 Å². The smallest absolute Gasteiger partial charge is 0.257 e. The van der Waals surface area contributed by atoms with E-state index in [-0.39, 0.29) is 23.6 Å². The Balaban J connectivity index is 1.25. The van der Waals surface area contributed by atoms with E-state index in [1.54, 1.807) is 11.8 Å². The molecule has 0 spiro atoms. The van der Waals surface area contributed by atoms with Gasteiger partial charge in [0, 0.05) is 43.4 Å². The Morgan fingerprint density at radius 1 is 1.13 bits per heavy atom. The average Bonchev–Trinajstić information content (AvgIpc) is 3.41. The fourth-order valence-electron chi connectivity index (χ4n) is 5.46. The lowest BCUT2D eigenvalue weighted by atomic mass is 10.0. The van der Waals surface area contributed by atoms with Crippen LogP contribution in [0.3, 0.4) is 0 Å². The zero-order valence-electron chi connectivity index (χ0n) is 17.7. The largest absolute Gasteiger partial charge is 0.333 e. The average molecular weight is 437 g/mol. The zero-order chi connectivity index (χ0) is 20.9. The molecule has 1 aromatic carbocycles. The van der Waals surface area contributed by atoms with E-state index in [0.29, 0.717) is 12.5 Å². The fraction of sp³-hybridized carbons (Fsp3) is 0.542. The summed E-state index contributed by atoms with van der Waals surface area (Å²) in [5.41, 5.74) is 3.16.